The molecule has 1 aromatic heterocycles. The first-order valence-corrected chi connectivity index (χ1v) is 8.71. The number of nitrogens with one attached hydrogen (secondary N) is 2. The first-order chi connectivity index (χ1) is 12.3. The zero-order valence-corrected chi connectivity index (χ0v) is 15.1. The smallest absolute Gasteiger partial charge is 0.191 e. The number of ether oxygens (including phenoxy) is 2. The number of benzene rings is 1. The van der Waals surface area contributed by atoms with Crippen LogP contribution in [-0.4, -0.2) is 43.9 Å². The average Bonchev–Trinajstić information content (AvgIpc) is 3.15. The Kier molecular flexibility index (Phi) is 8.24. The van der Waals surface area contributed by atoms with Gasteiger partial charge in [0.2, 0.25) is 0 Å². The van der Waals surface area contributed by atoms with E-state index in [1.54, 1.807) is 7.11 Å². The highest BCUT2D eigenvalue weighted by atomic mass is 16.5. The minimum absolute atomic E-state index is 0.638. The predicted molar refractivity (Wildman–Crippen MR) is 102 cm³/mol. The van der Waals surface area contributed by atoms with E-state index in [-0.39, 0.29) is 0 Å². The second-order valence-electron chi connectivity index (χ2n) is 5.49. The van der Waals surface area contributed by atoms with Gasteiger partial charge >= 0.3 is 0 Å². The summed E-state index contributed by atoms with van der Waals surface area (Å²) in [6, 6.07) is 11.7. The van der Waals surface area contributed by atoms with Gasteiger partial charge in [0.1, 0.15) is 11.5 Å². The summed E-state index contributed by atoms with van der Waals surface area (Å²) < 4.78 is 13.0. The molecule has 0 fully saturated rings. The number of hydrogen-bond donors (Lipinski definition) is 2. The molecule has 0 amide bonds. The topological polar surface area (TPSA) is 59.8 Å². The van der Waals surface area contributed by atoms with Crippen molar-refractivity contribution in [1.82, 2.24) is 15.2 Å². The van der Waals surface area contributed by atoms with Gasteiger partial charge < -0.3 is 24.7 Å². The molecule has 0 spiro atoms. The van der Waals surface area contributed by atoms with Crippen molar-refractivity contribution >= 4 is 5.96 Å². The highest BCUT2D eigenvalue weighted by Crippen LogP contribution is 2.16. The minimum Gasteiger partial charge on any atom is -0.497 e. The Hall–Kier alpha value is -2.63. The molecular formula is C19H28N4O2. The van der Waals surface area contributed by atoms with Gasteiger partial charge in [0.25, 0.3) is 0 Å². The van der Waals surface area contributed by atoms with Gasteiger partial charge in [0.15, 0.2) is 5.96 Å². The van der Waals surface area contributed by atoms with Crippen LogP contribution in [0.4, 0.5) is 0 Å². The molecule has 2 rings (SSSR count). The van der Waals surface area contributed by atoms with Crippen LogP contribution in [-0.2, 0) is 6.54 Å². The van der Waals surface area contributed by atoms with Gasteiger partial charge in [-0.25, -0.2) is 0 Å². The van der Waals surface area contributed by atoms with Gasteiger partial charge in [0.05, 0.1) is 13.7 Å². The Bertz CT molecular complexity index is 609. The Labute approximate surface area is 149 Å². The summed E-state index contributed by atoms with van der Waals surface area (Å²) in [4.78, 5) is 4.58. The summed E-state index contributed by atoms with van der Waals surface area (Å²) in [6.07, 6.45) is 4.98. The van der Waals surface area contributed by atoms with E-state index in [1.807, 2.05) is 36.4 Å². The molecule has 6 heteroatoms. The summed E-state index contributed by atoms with van der Waals surface area (Å²) in [7, 11) is 1.66. The molecule has 6 nitrogen and oxygen atoms in total. The van der Waals surface area contributed by atoms with Crippen LogP contribution in [0.2, 0.25) is 0 Å². The fourth-order valence-electron chi connectivity index (χ4n) is 2.28. The van der Waals surface area contributed by atoms with Crippen molar-refractivity contribution in [3.63, 3.8) is 0 Å². The molecule has 0 aliphatic heterocycles. The summed E-state index contributed by atoms with van der Waals surface area (Å²) in [5.74, 6) is 2.53. The predicted octanol–water partition coefficient (Wildman–Crippen LogP) is 2.52. The van der Waals surface area contributed by atoms with Crippen LogP contribution in [0.3, 0.4) is 0 Å². The molecule has 0 aliphatic rings. The van der Waals surface area contributed by atoms with Gasteiger partial charge in [0, 0.05) is 45.0 Å². The van der Waals surface area contributed by atoms with Gasteiger partial charge in [-0.2, -0.15) is 0 Å². The Morgan fingerprint density at radius 1 is 1.08 bits per heavy atom. The van der Waals surface area contributed by atoms with E-state index in [4.69, 9.17) is 9.47 Å². The zero-order chi connectivity index (χ0) is 17.7. The third kappa shape index (κ3) is 7.20. The summed E-state index contributed by atoms with van der Waals surface area (Å²) in [5, 5.41) is 6.60. The molecule has 2 aromatic rings. The van der Waals surface area contributed by atoms with Crippen LogP contribution < -0.4 is 20.1 Å². The van der Waals surface area contributed by atoms with Gasteiger partial charge in [-0.1, -0.05) is 0 Å². The lowest BCUT2D eigenvalue weighted by Gasteiger charge is -2.12. The maximum Gasteiger partial charge on any atom is 0.191 e. The van der Waals surface area contributed by atoms with E-state index in [0.717, 1.165) is 50.1 Å². The molecule has 0 bridgehead atoms. The Morgan fingerprint density at radius 2 is 1.80 bits per heavy atom. The van der Waals surface area contributed by atoms with Crippen molar-refractivity contribution < 1.29 is 9.47 Å². The molecule has 0 unspecified atom stereocenters. The molecule has 0 radical (unpaired) electrons. The fraction of sp³-hybridized carbons (Fsp3) is 0.421. The molecular weight excluding hydrogens is 316 g/mol. The summed E-state index contributed by atoms with van der Waals surface area (Å²) in [6.45, 7) is 6.02. The average molecular weight is 344 g/mol. The Balaban J connectivity index is 1.65. The summed E-state index contributed by atoms with van der Waals surface area (Å²) in [5.41, 5.74) is 0. The largest absolute Gasteiger partial charge is 0.497 e. The van der Waals surface area contributed by atoms with E-state index in [9.17, 15) is 0 Å². The maximum absolute atomic E-state index is 5.71. The van der Waals surface area contributed by atoms with Crippen LogP contribution >= 0.6 is 0 Å². The number of hydrogen-bond acceptors (Lipinski definition) is 3. The molecule has 1 aromatic carbocycles. The van der Waals surface area contributed by atoms with Gasteiger partial charge in [-0.15, -0.1) is 0 Å². The number of guanidine groups is 1. The third-order valence-corrected chi connectivity index (χ3v) is 3.57. The molecule has 25 heavy (non-hydrogen) atoms. The molecule has 0 saturated heterocycles. The molecule has 1 heterocycles. The van der Waals surface area contributed by atoms with Crippen LogP contribution in [0.5, 0.6) is 11.5 Å². The fourth-order valence-corrected chi connectivity index (χ4v) is 2.28. The maximum atomic E-state index is 5.71. The summed E-state index contributed by atoms with van der Waals surface area (Å²) >= 11 is 0. The van der Waals surface area contributed by atoms with Crippen molar-refractivity contribution in [2.24, 2.45) is 4.99 Å². The van der Waals surface area contributed by atoms with Crippen molar-refractivity contribution in [2.75, 3.05) is 33.4 Å². The lowest BCUT2D eigenvalue weighted by molar-refractivity contribution is 0.312. The standard InChI is InChI=1S/C19H28N4O2/c1-3-20-19(22-12-15-23-13-4-5-14-23)21-11-6-16-25-18-9-7-17(24-2)8-10-18/h4-5,7-10,13-14H,3,6,11-12,15-16H2,1-2H3,(H2,20,21,22). The lowest BCUT2D eigenvalue weighted by atomic mass is 10.3. The van der Waals surface area contributed by atoms with Crippen LogP contribution in [0, 0.1) is 0 Å². The second-order valence-corrected chi connectivity index (χ2v) is 5.49. The van der Waals surface area contributed by atoms with E-state index >= 15 is 0 Å². The molecule has 2 N–H and O–H groups in total. The van der Waals surface area contributed by atoms with Crippen molar-refractivity contribution in [1.29, 1.82) is 0 Å². The highest BCUT2D eigenvalue weighted by Gasteiger charge is 1.98. The molecule has 0 aliphatic carbocycles. The van der Waals surface area contributed by atoms with E-state index < -0.39 is 0 Å². The van der Waals surface area contributed by atoms with Crippen molar-refractivity contribution in [3.8, 4) is 11.5 Å². The van der Waals surface area contributed by atoms with Crippen molar-refractivity contribution in [2.45, 2.75) is 19.9 Å². The number of nitrogens with zero attached hydrogens (tertiary/aromatic N) is 2. The monoisotopic (exact) mass is 344 g/mol. The lowest BCUT2D eigenvalue weighted by Crippen LogP contribution is -2.38. The molecule has 0 saturated carbocycles. The quantitative estimate of drug-likeness (QED) is 0.395. The minimum atomic E-state index is 0.638. The van der Waals surface area contributed by atoms with E-state index in [0.29, 0.717) is 6.61 Å². The highest BCUT2D eigenvalue weighted by molar-refractivity contribution is 5.79. The Morgan fingerprint density at radius 3 is 2.48 bits per heavy atom. The molecule has 0 atom stereocenters. The first-order valence-electron chi connectivity index (χ1n) is 8.71. The number of aromatic nitrogens is 1. The number of methoxy groups -OCH3 is 1. The van der Waals surface area contributed by atoms with E-state index in [2.05, 4.69) is 39.5 Å². The number of rotatable bonds is 10. The second kappa shape index (κ2) is 11.0. The first kappa shape index (κ1) is 18.7. The van der Waals surface area contributed by atoms with Crippen molar-refractivity contribution in [3.05, 3.63) is 48.8 Å². The SMILES string of the molecule is CCNC(=NCCCOc1ccc(OC)cc1)NCCn1cccc1. The third-order valence-electron chi connectivity index (χ3n) is 3.57. The van der Waals surface area contributed by atoms with Crippen LogP contribution in [0.25, 0.3) is 0 Å². The molecule has 136 valence electrons. The zero-order valence-electron chi connectivity index (χ0n) is 15.1. The van der Waals surface area contributed by atoms with Gasteiger partial charge in [-0.05, 0) is 43.3 Å². The normalized spacial score (nSPS) is 11.2. The van der Waals surface area contributed by atoms with Crippen LogP contribution in [0.1, 0.15) is 13.3 Å². The van der Waals surface area contributed by atoms with Crippen LogP contribution in [0.15, 0.2) is 53.8 Å². The number of aliphatic imine (C=N–C) groups is 1. The van der Waals surface area contributed by atoms with E-state index in [1.165, 1.54) is 0 Å². The van der Waals surface area contributed by atoms with Gasteiger partial charge in [-0.3, -0.25) is 4.99 Å².